The number of hydrogen-bond acceptors (Lipinski definition) is 2. The van der Waals surface area contributed by atoms with Crippen LogP contribution in [0, 0.1) is 0 Å². The SMILES string of the molecule is CC(C(=O)O)=C(O)c1ccccc1. The van der Waals surface area contributed by atoms with Crippen LogP contribution in [0.1, 0.15) is 12.5 Å². The van der Waals surface area contributed by atoms with Crippen LogP contribution >= 0.6 is 0 Å². The number of aliphatic hydroxyl groups excluding tert-OH is 1. The lowest BCUT2D eigenvalue weighted by Gasteiger charge is -2.01. The van der Waals surface area contributed by atoms with Gasteiger partial charge in [0.1, 0.15) is 5.76 Å². The van der Waals surface area contributed by atoms with E-state index in [0.717, 1.165) is 0 Å². The molecule has 0 saturated heterocycles. The second kappa shape index (κ2) is 3.76. The third-order valence-corrected chi connectivity index (χ3v) is 1.72. The molecule has 0 atom stereocenters. The summed E-state index contributed by atoms with van der Waals surface area (Å²) >= 11 is 0. The molecule has 3 heteroatoms. The van der Waals surface area contributed by atoms with Crippen molar-refractivity contribution in [1.82, 2.24) is 0 Å². The molecule has 1 rings (SSSR count). The maximum absolute atomic E-state index is 10.5. The van der Waals surface area contributed by atoms with Crippen molar-refractivity contribution < 1.29 is 15.0 Å². The van der Waals surface area contributed by atoms with E-state index in [1.165, 1.54) is 6.92 Å². The van der Waals surface area contributed by atoms with Crippen LogP contribution in [-0.2, 0) is 4.79 Å². The zero-order valence-electron chi connectivity index (χ0n) is 7.19. The van der Waals surface area contributed by atoms with E-state index in [1.807, 2.05) is 0 Å². The van der Waals surface area contributed by atoms with Crippen LogP contribution in [0.4, 0.5) is 0 Å². The van der Waals surface area contributed by atoms with Gasteiger partial charge in [-0.3, -0.25) is 0 Å². The largest absolute Gasteiger partial charge is 0.507 e. The summed E-state index contributed by atoms with van der Waals surface area (Å²) in [6, 6.07) is 8.58. The van der Waals surface area contributed by atoms with E-state index < -0.39 is 5.97 Å². The van der Waals surface area contributed by atoms with Gasteiger partial charge in [0.2, 0.25) is 0 Å². The zero-order chi connectivity index (χ0) is 9.84. The van der Waals surface area contributed by atoms with Crippen LogP contribution in [0.15, 0.2) is 35.9 Å². The lowest BCUT2D eigenvalue weighted by molar-refractivity contribution is -0.132. The second-order valence-electron chi connectivity index (χ2n) is 2.64. The highest BCUT2D eigenvalue weighted by atomic mass is 16.4. The second-order valence-corrected chi connectivity index (χ2v) is 2.64. The highest BCUT2D eigenvalue weighted by Gasteiger charge is 2.08. The molecule has 1 aromatic carbocycles. The fraction of sp³-hybridized carbons (Fsp3) is 0.100. The Morgan fingerprint density at radius 2 is 1.69 bits per heavy atom. The Morgan fingerprint density at radius 3 is 2.15 bits per heavy atom. The summed E-state index contributed by atoms with van der Waals surface area (Å²) in [5.74, 6) is -1.30. The molecule has 0 spiro atoms. The van der Waals surface area contributed by atoms with Crippen molar-refractivity contribution in [2.75, 3.05) is 0 Å². The van der Waals surface area contributed by atoms with Crippen molar-refractivity contribution >= 4 is 11.7 Å². The molecule has 0 aliphatic rings. The summed E-state index contributed by atoms with van der Waals surface area (Å²) in [7, 11) is 0. The molecule has 68 valence electrons. The number of hydrogen-bond donors (Lipinski definition) is 2. The van der Waals surface area contributed by atoms with Crippen molar-refractivity contribution in [2.24, 2.45) is 0 Å². The molecule has 13 heavy (non-hydrogen) atoms. The number of aliphatic hydroxyl groups is 1. The van der Waals surface area contributed by atoms with Crippen LogP contribution in [0.2, 0.25) is 0 Å². The van der Waals surface area contributed by atoms with Gasteiger partial charge in [0, 0.05) is 5.56 Å². The van der Waals surface area contributed by atoms with Gasteiger partial charge in [0.15, 0.2) is 0 Å². The Morgan fingerprint density at radius 1 is 1.15 bits per heavy atom. The van der Waals surface area contributed by atoms with Crippen molar-refractivity contribution in [1.29, 1.82) is 0 Å². The first-order valence-electron chi connectivity index (χ1n) is 3.81. The average molecular weight is 178 g/mol. The molecule has 2 N–H and O–H groups in total. The van der Waals surface area contributed by atoms with Gasteiger partial charge < -0.3 is 10.2 Å². The van der Waals surface area contributed by atoms with Gasteiger partial charge >= 0.3 is 5.97 Å². The number of rotatable bonds is 2. The molecule has 0 bridgehead atoms. The van der Waals surface area contributed by atoms with Crippen molar-refractivity contribution in [3.63, 3.8) is 0 Å². The molecular formula is C10H10O3. The Balaban J connectivity index is 3.11. The van der Waals surface area contributed by atoms with E-state index in [4.69, 9.17) is 5.11 Å². The fourth-order valence-corrected chi connectivity index (χ4v) is 0.914. The van der Waals surface area contributed by atoms with E-state index in [0.29, 0.717) is 5.56 Å². The summed E-state index contributed by atoms with van der Waals surface area (Å²) in [5.41, 5.74) is 0.466. The molecule has 0 saturated carbocycles. The van der Waals surface area contributed by atoms with Crippen LogP contribution in [0.3, 0.4) is 0 Å². The van der Waals surface area contributed by atoms with Gasteiger partial charge in [-0.2, -0.15) is 0 Å². The quantitative estimate of drug-likeness (QED) is 0.538. The Hall–Kier alpha value is -1.77. The number of benzene rings is 1. The molecule has 0 aromatic heterocycles. The number of carboxylic acids is 1. The fourth-order valence-electron chi connectivity index (χ4n) is 0.914. The normalized spacial score (nSPS) is 12.1. The van der Waals surface area contributed by atoms with Crippen LogP contribution in [0.5, 0.6) is 0 Å². The Kier molecular flexibility index (Phi) is 2.69. The Bertz CT molecular complexity index is 338. The highest BCUT2D eigenvalue weighted by Crippen LogP contribution is 2.14. The van der Waals surface area contributed by atoms with Gasteiger partial charge in [-0.25, -0.2) is 4.79 Å². The minimum Gasteiger partial charge on any atom is -0.507 e. The zero-order valence-corrected chi connectivity index (χ0v) is 7.19. The maximum Gasteiger partial charge on any atom is 0.335 e. The summed E-state index contributed by atoms with van der Waals surface area (Å²) in [6.45, 7) is 1.37. The molecule has 0 heterocycles. The van der Waals surface area contributed by atoms with Gasteiger partial charge in [-0.1, -0.05) is 30.3 Å². The summed E-state index contributed by atoms with van der Waals surface area (Å²) in [5, 5.41) is 18.1. The summed E-state index contributed by atoms with van der Waals surface area (Å²) in [6.07, 6.45) is 0. The first kappa shape index (κ1) is 9.32. The predicted octanol–water partition coefficient (Wildman–Crippen LogP) is 2.06. The molecule has 0 aliphatic heterocycles. The van der Waals surface area contributed by atoms with Gasteiger partial charge in [0.05, 0.1) is 5.57 Å². The molecule has 3 nitrogen and oxygen atoms in total. The minimum atomic E-state index is -1.11. The monoisotopic (exact) mass is 178 g/mol. The first-order valence-corrected chi connectivity index (χ1v) is 3.81. The van der Waals surface area contributed by atoms with Crippen LogP contribution in [0.25, 0.3) is 5.76 Å². The molecule has 0 amide bonds. The smallest absolute Gasteiger partial charge is 0.335 e. The molecular weight excluding hydrogens is 168 g/mol. The van der Waals surface area contributed by atoms with Gasteiger partial charge in [-0.15, -0.1) is 0 Å². The average Bonchev–Trinajstić information content (AvgIpc) is 2.17. The van der Waals surface area contributed by atoms with Crippen molar-refractivity contribution in [2.45, 2.75) is 6.92 Å². The number of carbonyl (C=O) groups is 1. The Labute approximate surface area is 76.0 Å². The molecule has 0 radical (unpaired) electrons. The summed E-state index contributed by atoms with van der Waals surface area (Å²) < 4.78 is 0. The van der Waals surface area contributed by atoms with Gasteiger partial charge in [-0.05, 0) is 6.92 Å². The van der Waals surface area contributed by atoms with Crippen LogP contribution in [-0.4, -0.2) is 16.2 Å². The number of aliphatic carboxylic acids is 1. The lowest BCUT2D eigenvalue weighted by atomic mass is 10.1. The minimum absolute atomic E-state index is 0.0498. The third-order valence-electron chi connectivity index (χ3n) is 1.72. The summed E-state index contributed by atoms with van der Waals surface area (Å²) in [4.78, 5) is 10.5. The number of carboxylic acid groups (broad SMARTS) is 1. The van der Waals surface area contributed by atoms with Crippen molar-refractivity contribution in [3.05, 3.63) is 41.5 Å². The van der Waals surface area contributed by atoms with E-state index in [2.05, 4.69) is 0 Å². The van der Waals surface area contributed by atoms with Crippen molar-refractivity contribution in [3.8, 4) is 0 Å². The first-order chi connectivity index (χ1) is 6.13. The predicted molar refractivity (Wildman–Crippen MR) is 49.3 cm³/mol. The maximum atomic E-state index is 10.5. The van der Waals surface area contributed by atoms with Gasteiger partial charge in [0.25, 0.3) is 0 Å². The molecule has 0 unspecified atom stereocenters. The third kappa shape index (κ3) is 2.08. The van der Waals surface area contributed by atoms with Crippen LogP contribution < -0.4 is 0 Å². The molecule has 0 fully saturated rings. The standard InChI is InChI=1S/C10H10O3/c1-7(10(12)13)9(11)8-5-3-2-4-6-8/h2-6,11H,1H3,(H,12,13). The van der Waals surface area contributed by atoms with E-state index in [1.54, 1.807) is 30.3 Å². The van der Waals surface area contributed by atoms with E-state index in [-0.39, 0.29) is 11.3 Å². The lowest BCUT2D eigenvalue weighted by Crippen LogP contribution is -2.00. The topological polar surface area (TPSA) is 57.5 Å². The molecule has 1 aromatic rings. The van der Waals surface area contributed by atoms with E-state index >= 15 is 0 Å². The van der Waals surface area contributed by atoms with E-state index in [9.17, 15) is 9.90 Å². The highest BCUT2D eigenvalue weighted by molar-refractivity contribution is 5.93. The molecule has 0 aliphatic carbocycles.